The quantitative estimate of drug-likeness (QED) is 0.607. The van der Waals surface area contributed by atoms with Crippen molar-refractivity contribution in [2.24, 2.45) is 0 Å². The van der Waals surface area contributed by atoms with Gasteiger partial charge in [0.15, 0.2) is 11.6 Å². The number of amides is 1. The van der Waals surface area contributed by atoms with E-state index in [0.29, 0.717) is 35.7 Å². The molecule has 168 valence electrons. The first kappa shape index (κ1) is 21.2. The monoisotopic (exact) mass is 454 g/mol. The number of hydrogen-bond acceptors (Lipinski definition) is 9. The minimum absolute atomic E-state index is 0.0852. The van der Waals surface area contributed by atoms with Gasteiger partial charge in [-0.2, -0.15) is 0 Å². The number of thiazole rings is 1. The van der Waals surface area contributed by atoms with Crippen molar-refractivity contribution < 1.29 is 13.9 Å². The Morgan fingerprint density at radius 2 is 2.12 bits per heavy atom. The molecule has 3 aromatic rings. The molecule has 1 N–H and O–H groups in total. The average Bonchev–Trinajstić information content (AvgIpc) is 3.56. The molecule has 2 aliphatic rings. The highest BCUT2D eigenvalue weighted by atomic mass is 32.1. The van der Waals surface area contributed by atoms with Crippen molar-refractivity contribution in [3.05, 3.63) is 35.5 Å². The first-order valence-corrected chi connectivity index (χ1v) is 11.7. The Morgan fingerprint density at radius 3 is 2.88 bits per heavy atom. The van der Waals surface area contributed by atoms with E-state index in [-0.39, 0.29) is 5.91 Å². The lowest BCUT2D eigenvalue weighted by molar-refractivity contribution is -0.117. The Balaban J connectivity index is 1.28. The van der Waals surface area contributed by atoms with Crippen LogP contribution in [0.3, 0.4) is 0 Å². The molecule has 1 unspecified atom stereocenters. The third kappa shape index (κ3) is 4.88. The van der Waals surface area contributed by atoms with Gasteiger partial charge >= 0.3 is 0 Å². The molecule has 1 amide bonds. The van der Waals surface area contributed by atoms with Crippen molar-refractivity contribution >= 4 is 23.1 Å². The van der Waals surface area contributed by atoms with E-state index in [4.69, 9.17) is 9.15 Å². The molecule has 10 heteroatoms. The second kappa shape index (κ2) is 9.45. The molecule has 0 bridgehead atoms. The van der Waals surface area contributed by atoms with Crippen molar-refractivity contribution in [3.63, 3.8) is 0 Å². The van der Waals surface area contributed by atoms with Gasteiger partial charge in [0.1, 0.15) is 22.3 Å². The van der Waals surface area contributed by atoms with E-state index in [0.717, 1.165) is 56.6 Å². The normalized spacial score (nSPS) is 20.0. The summed E-state index contributed by atoms with van der Waals surface area (Å²) < 4.78 is 11.2. The Kier molecular flexibility index (Phi) is 6.26. The number of nitrogens with one attached hydrogen (secondary N) is 1. The van der Waals surface area contributed by atoms with Crippen LogP contribution in [0.2, 0.25) is 0 Å². The van der Waals surface area contributed by atoms with Gasteiger partial charge in [-0.15, -0.1) is 11.3 Å². The molecule has 0 saturated carbocycles. The number of ether oxygens (including phenoxy) is 1. The number of furan rings is 1. The SMILES string of the molecule is Cc1ccc(-c2nc(NC(=O)CN3CCC(N4CCOCC4)C3)cc(-c3nccs3)n2)o1. The standard InChI is InChI=1S/C22H26N6O3S/c1-15-2-3-18(31-15)21-24-17(22-23-5-11-32-22)12-19(26-21)25-20(29)14-27-6-4-16(13-27)28-7-9-30-10-8-28/h2-3,5,11-12,16H,4,6-10,13-14H2,1H3,(H,24,25,26,29). The molecule has 2 saturated heterocycles. The van der Waals surface area contributed by atoms with Gasteiger partial charge in [-0.05, 0) is 25.5 Å². The van der Waals surface area contributed by atoms with Crippen LogP contribution in [-0.4, -0.2) is 82.6 Å². The molecule has 5 rings (SSSR count). The Labute approximate surface area is 190 Å². The molecule has 1 atom stereocenters. The zero-order valence-corrected chi connectivity index (χ0v) is 18.8. The molecular formula is C22H26N6O3S. The lowest BCUT2D eigenvalue weighted by Gasteiger charge is -2.32. The van der Waals surface area contributed by atoms with Crippen LogP contribution in [0.15, 0.2) is 34.2 Å². The minimum atomic E-state index is -0.0852. The van der Waals surface area contributed by atoms with Gasteiger partial charge < -0.3 is 14.5 Å². The smallest absolute Gasteiger partial charge is 0.239 e. The van der Waals surface area contributed by atoms with Gasteiger partial charge in [0, 0.05) is 49.9 Å². The lowest BCUT2D eigenvalue weighted by atomic mass is 10.2. The molecule has 5 heterocycles. The number of rotatable bonds is 6. The zero-order valence-electron chi connectivity index (χ0n) is 18.0. The maximum absolute atomic E-state index is 12.8. The maximum atomic E-state index is 12.8. The third-order valence-corrected chi connectivity index (χ3v) is 6.58. The fraction of sp³-hybridized carbons (Fsp3) is 0.455. The number of morpholine rings is 1. The third-order valence-electron chi connectivity index (χ3n) is 5.78. The van der Waals surface area contributed by atoms with Crippen molar-refractivity contribution in [1.29, 1.82) is 0 Å². The summed E-state index contributed by atoms with van der Waals surface area (Å²) in [5, 5.41) is 5.61. The molecule has 32 heavy (non-hydrogen) atoms. The van der Waals surface area contributed by atoms with Crippen LogP contribution in [0.25, 0.3) is 22.3 Å². The van der Waals surface area contributed by atoms with Gasteiger partial charge in [-0.25, -0.2) is 15.0 Å². The number of carbonyl (C=O) groups is 1. The lowest BCUT2D eigenvalue weighted by Crippen LogP contribution is -2.45. The second-order valence-electron chi connectivity index (χ2n) is 8.08. The highest BCUT2D eigenvalue weighted by molar-refractivity contribution is 7.13. The van der Waals surface area contributed by atoms with Crippen LogP contribution in [-0.2, 0) is 9.53 Å². The zero-order chi connectivity index (χ0) is 21.9. The fourth-order valence-corrected chi connectivity index (χ4v) is 4.82. The molecule has 2 fully saturated rings. The van der Waals surface area contributed by atoms with Crippen LogP contribution in [0.4, 0.5) is 5.82 Å². The summed E-state index contributed by atoms with van der Waals surface area (Å²) in [7, 11) is 0. The Hall–Kier alpha value is -2.66. The number of aryl methyl sites for hydroxylation is 1. The maximum Gasteiger partial charge on any atom is 0.239 e. The van der Waals surface area contributed by atoms with Gasteiger partial charge in [-0.3, -0.25) is 14.6 Å². The molecular weight excluding hydrogens is 428 g/mol. The average molecular weight is 455 g/mol. The first-order chi connectivity index (χ1) is 15.6. The summed E-state index contributed by atoms with van der Waals surface area (Å²) in [6, 6.07) is 5.95. The molecule has 3 aromatic heterocycles. The molecule has 9 nitrogen and oxygen atoms in total. The van der Waals surface area contributed by atoms with E-state index in [9.17, 15) is 4.79 Å². The number of nitrogens with zero attached hydrogens (tertiary/aromatic N) is 5. The summed E-state index contributed by atoms with van der Waals surface area (Å²) in [6.07, 6.45) is 2.81. The number of carbonyl (C=O) groups excluding carboxylic acids is 1. The van der Waals surface area contributed by atoms with Crippen LogP contribution in [0, 0.1) is 6.92 Å². The van der Waals surface area contributed by atoms with Crippen molar-refractivity contribution in [2.45, 2.75) is 19.4 Å². The van der Waals surface area contributed by atoms with Gasteiger partial charge in [-0.1, -0.05) is 0 Å². The van der Waals surface area contributed by atoms with Gasteiger partial charge in [0.2, 0.25) is 5.91 Å². The number of aromatic nitrogens is 3. The topological polar surface area (TPSA) is 96.6 Å². The van der Waals surface area contributed by atoms with Crippen molar-refractivity contribution in [3.8, 4) is 22.3 Å². The highest BCUT2D eigenvalue weighted by Gasteiger charge is 2.29. The number of likely N-dealkylation sites (tertiary alicyclic amines) is 1. The summed E-state index contributed by atoms with van der Waals surface area (Å²) in [5.41, 5.74) is 0.655. The van der Waals surface area contributed by atoms with E-state index in [1.807, 2.05) is 24.4 Å². The van der Waals surface area contributed by atoms with Gasteiger partial charge in [0.25, 0.3) is 0 Å². The Morgan fingerprint density at radius 1 is 1.25 bits per heavy atom. The van der Waals surface area contributed by atoms with Crippen LogP contribution >= 0.6 is 11.3 Å². The van der Waals surface area contributed by atoms with Crippen LogP contribution in [0.5, 0.6) is 0 Å². The fourth-order valence-electron chi connectivity index (χ4n) is 4.22. The van der Waals surface area contributed by atoms with E-state index in [1.54, 1.807) is 12.3 Å². The van der Waals surface area contributed by atoms with E-state index in [1.165, 1.54) is 11.3 Å². The van der Waals surface area contributed by atoms with Crippen LogP contribution < -0.4 is 5.32 Å². The molecule has 0 radical (unpaired) electrons. The molecule has 0 aromatic carbocycles. The highest BCUT2D eigenvalue weighted by Crippen LogP contribution is 2.27. The molecule has 0 aliphatic carbocycles. The predicted molar refractivity (Wildman–Crippen MR) is 121 cm³/mol. The van der Waals surface area contributed by atoms with Crippen molar-refractivity contribution in [1.82, 2.24) is 24.8 Å². The summed E-state index contributed by atoms with van der Waals surface area (Å²) in [4.78, 5) is 31.0. The summed E-state index contributed by atoms with van der Waals surface area (Å²) >= 11 is 1.49. The predicted octanol–water partition coefficient (Wildman–Crippen LogP) is 2.51. The van der Waals surface area contributed by atoms with E-state index >= 15 is 0 Å². The van der Waals surface area contributed by atoms with E-state index in [2.05, 4.69) is 30.1 Å². The largest absolute Gasteiger partial charge is 0.458 e. The minimum Gasteiger partial charge on any atom is -0.458 e. The number of hydrogen-bond donors (Lipinski definition) is 1. The van der Waals surface area contributed by atoms with Crippen molar-refractivity contribution in [2.75, 3.05) is 51.3 Å². The molecule has 2 aliphatic heterocycles. The second-order valence-corrected chi connectivity index (χ2v) is 8.98. The summed E-state index contributed by atoms with van der Waals surface area (Å²) in [6.45, 7) is 7.57. The first-order valence-electron chi connectivity index (χ1n) is 10.8. The Bertz CT molecular complexity index is 1060. The summed E-state index contributed by atoms with van der Waals surface area (Å²) in [5.74, 6) is 2.12. The van der Waals surface area contributed by atoms with E-state index < -0.39 is 0 Å². The van der Waals surface area contributed by atoms with Crippen LogP contribution in [0.1, 0.15) is 12.2 Å². The molecule has 0 spiro atoms. The number of anilines is 1. The van der Waals surface area contributed by atoms with Gasteiger partial charge in [0.05, 0.1) is 19.8 Å².